The third-order valence-corrected chi connectivity index (χ3v) is 2.89. The van der Waals surface area contributed by atoms with Gasteiger partial charge in [0.1, 0.15) is 0 Å². The van der Waals surface area contributed by atoms with Crippen LogP contribution in [0.25, 0.3) is 0 Å². The molecule has 0 unspecified atom stereocenters. The predicted octanol–water partition coefficient (Wildman–Crippen LogP) is 1.09. The highest BCUT2D eigenvalue weighted by Gasteiger charge is 2.19. The van der Waals surface area contributed by atoms with Crippen LogP contribution in [0.2, 0.25) is 0 Å². The molecular weight excluding hydrogens is 176 g/mol. The van der Waals surface area contributed by atoms with E-state index in [0.717, 1.165) is 12.5 Å². The number of hydrogen-bond donors (Lipinski definition) is 2. The van der Waals surface area contributed by atoms with E-state index in [4.69, 9.17) is 5.84 Å². The van der Waals surface area contributed by atoms with Gasteiger partial charge in [0.2, 0.25) is 5.96 Å². The van der Waals surface area contributed by atoms with Crippen molar-refractivity contribution in [1.29, 1.82) is 0 Å². The Labute approximate surface area is 86.5 Å². The molecule has 82 valence electrons. The average Bonchev–Trinajstić information content (AvgIpc) is 2.26. The summed E-state index contributed by atoms with van der Waals surface area (Å²) in [4.78, 5) is 6.51. The first kappa shape index (κ1) is 11.3. The molecule has 4 nitrogen and oxygen atoms in total. The minimum atomic E-state index is 0.616. The van der Waals surface area contributed by atoms with Crippen molar-refractivity contribution in [3.05, 3.63) is 0 Å². The van der Waals surface area contributed by atoms with Gasteiger partial charge in [-0.3, -0.25) is 10.4 Å². The summed E-state index contributed by atoms with van der Waals surface area (Å²) >= 11 is 0. The van der Waals surface area contributed by atoms with Crippen molar-refractivity contribution in [1.82, 2.24) is 10.3 Å². The zero-order chi connectivity index (χ0) is 10.4. The number of nitrogens with one attached hydrogen (secondary N) is 1. The fourth-order valence-corrected chi connectivity index (χ4v) is 2.05. The molecule has 0 aromatic heterocycles. The van der Waals surface area contributed by atoms with E-state index in [1.54, 1.807) is 0 Å². The van der Waals surface area contributed by atoms with Gasteiger partial charge in [0.05, 0.1) is 0 Å². The molecule has 14 heavy (non-hydrogen) atoms. The number of hydrazine groups is 1. The van der Waals surface area contributed by atoms with Crippen LogP contribution in [0.3, 0.4) is 0 Å². The molecule has 1 aliphatic carbocycles. The standard InChI is InChI=1S/C10H22N4/c1-3-12-10(13-11)14(2)9-7-5-4-6-8-9/h9H,3-8,11H2,1-2H3,(H,12,13). The topological polar surface area (TPSA) is 53.6 Å². The maximum Gasteiger partial charge on any atom is 0.208 e. The molecule has 0 aromatic carbocycles. The molecule has 4 heteroatoms. The smallest absolute Gasteiger partial charge is 0.208 e. The minimum Gasteiger partial charge on any atom is -0.342 e. The van der Waals surface area contributed by atoms with Crippen molar-refractivity contribution in [3.63, 3.8) is 0 Å². The number of rotatable bonds is 2. The lowest BCUT2D eigenvalue weighted by Gasteiger charge is -2.32. The minimum absolute atomic E-state index is 0.616. The van der Waals surface area contributed by atoms with E-state index in [9.17, 15) is 0 Å². The molecule has 1 fully saturated rings. The Morgan fingerprint density at radius 3 is 2.57 bits per heavy atom. The Morgan fingerprint density at radius 1 is 1.43 bits per heavy atom. The van der Waals surface area contributed by atoms with Crippen LogP contribution < -0.4 is 11.3 Å². The monoisotopic (exact) mass is 198 g/mol. The first-order valence-electron chi connectivity index (χ1n) is 5.53. The number of guanidine groups is 1. The van der Waals surface area contributed by atoms with Crippen LogP contribution in [-0.4, -0.2) is 30.5 Å². The fourth-order valence-electron chi connectivity index (χ4n) is 2.05. The van der Waals surface area contributed by atoms with Crippen LogP contribution >= 0.6 is 0 Å². The Bertz CT molecular complexity index is 185. The molecule has 1 rings (SSSR count). The van der Waals surface area contributed by atoms with Crippen LogP contribution in [0.1, 0.15) is 39.0 Å². The highest BCUT2D eigenvalue weighted by atomic mass is 15.4. The van der Waals surface area contributed by atoms with Crippen molar-refractivity contribution >= 4 is 5.96 Å². The molecule has 1 saturated carbocycles. The second kappa shape index (κ2) is 5.86. The third-order valence-electron chi connectivity index (χ3n) is 2.89. The lowest BCUT2D eigenvalue weighted by Crippen LogP contribution is -2.48. The maximum atomic E-state index is 5.44. The van der Waals surface area contributed by atoms with E-state index >= 15 is 0 Å². The average molecular weight is 198 g/mol. The molecule has 1 aliphatic rings. The number of nitrogens with two attached hydrogens (primary N) is 1. The first-order chi connectivity index (χ1) is 6.79. The summed E-state index contributed by atoms with van der Waals surface area (Å²) in [6.07, 6.45) is 6.57. The van der Waals surface area contributed by atoms with E-state index in [-0.39, 0.29) is 0 Å². The molecule has 3 N–H and O–H groups in total. The van der Waals surface area contributed by atoms with Crippen LogP contribution in [0.4, 0.5) is 0 Å². The van der Waals surface area contributed by atoms with Crippen molar-refractivity contribution in [2.75, 3.05) is 13.6 Å². The van der Waals surface area contributed by atoms with Gasteiger partial charge in [-0.25, -0.2) is 5.84 Å². The van der Waals surface area contributed by atoms with Crippen molar-refractivity contribution in [3.8, 4) is 0 Å². The summed E-state index contributed by atoms with van der Waals surface area (Å²) in [5.41, 5.74) is 2.68. The van der Waals surface area contributed by atoms with Crippen molar-refractivity contribution in [2.24, 2.45) is 10.8 Å². The summed E-state index contributed by atoms with van der Waals surface area (Å²) in [6.45, 7) is 2.79. The molecule has 0 bridgehead atoms. The molecule has 0 spiro atoms. The second-order valence-electron chi connectivity index (χ2n) is 3.85. The number of hydrogen-bond acceptors (Lipinski definition) is 2. The summed E-state index contributed by atoms with van der Waals surface area (Å²) in [6, 6.07) is 0.616. The molecule has 0 radical (unpaired) electrons. The maximum absolute atomic E-state index is 5.44. The lowest BCUT2D eigenvalue weighted by molar-refractivity contribution is 0.271. The Balaban J connectivity index is 2.51. The van der Waals surface area contributed by atoms with E-state index in [1.807, 2.05) is 6.92 Å². The lowest BCUT2D eigenvalue weighted by atomic mass is 9.95. The van der Waals surface area contributed by atoms with Crippen molar-refractivity contribution in [2.45, 2.75) is 45.1 Å². The molecule has 0 atom stereocenters. The van der Waals surface area contributed by atoms with Gasteiger partial charge in [-0.05, 0) is 19.8 Å². The summed E-state index contributed by atoms with van der Waals surface area (Å²) < 4.78 is 0. The highest BCUT2D eigenvalue weighted by molar-refractivity contribution is 5.79. The van der Waals surface area contributed by atoms with Gasteiger partial charge in [-0.2, -0.15) is 0 Å². The van der Waals surface area contributed by atoms with Crippen LogP contribution in [0.5, 0.6) is 0 Å². The van der Waals surface area contributed by atoms with E-state index in [2.05, 4.69) is 22.4 Å². The zero-order valence-corrected chi connectivity index (χ0v) is 9.29. The third kappa shape index (κ3) is 2.87. The highest BCUT2D eigenvalue weighted by Crippen LogP contribution is 2.21. The molecule has 0 heterocycles. The van der Waals surface area contributed by atoms with Crippen LogP contribution in [0.15, 0.2) is 4.99 Å². The summed E-state index contributed by atoms with van der Waals surface area (Å²) in [7, 11) is 2.07. The summed E-state index contributed by atoms with van der Waals surface area (Å²) in [5.74, 6) is 6.26. The van der Waals surface area contributed by atoms with Crippen molar-refractivity contribution < 1.29 is 0 Å². The number of aliphatic imine (C=N–C) groups is 1. The molecule has 0 saturated heterocycles. The predicted molar refractivity (Wildman–Crippen MR) is 59.9 cm³/mol. The Morgan fingerprint density at radius 2 is 2.07 bits per heavy atom. The largest absolute Gasteiger partial charge is 0.342 e. The Hall–Kier alpha value is -0.770. The molecule has 0 aliphatic heterocycles. The molecule has 0 aromatic rings. The van der Waals surface area contributed by atoms with Gasteiger partial charge in [0.15, 0.2) is 0 Å². The van der Waals surface area contributed by atoms with E-state index in [0.29, 0.717) is 6.04 Å². The molecule has 0 amide bonds. The van der Waals surface area contributed by atoms with Gasteiger partial charge >= 0.3 is 0 Å². The van der Waals surface area contributed by atoms with Gasteiger partial charge in [0, 0.05) is 19.6 Å². The van der Waals surface area contributed by atoms with E-state index < -0.39 is 0 Å². The van der Waals surface area contributed by atoms with Gasteiger partial charge in [-0.1, -0.05) is 19.3 Å². The Kier molecular flexibility index (Phi) is 4.73. The van der Waals surface area contributed by atoms with Crippen LogP contribution in [0, 0.1) is 0 Å². The SMILES string of the molecule is CCN=C(NN)N(C)C1CCCCC1. The van der Waals surface area contributed by atoms with Crippen LogP contribution in [-0.2, 0) is 0 Å². The first-order valence-corrected chi connectivity index (χ1v) is 5.53. The van der Waals surface area contributed by atoms with Gasteiger partial charge < -0.3 is 4.90 Å². The molecular formula is C10H22N4. The van der Waals surface area contributed by atoms with Gasteiger partial charge in [0.25, 0.3) is 0 Å². The normalized spacial score (nSPS) is 19.5. The van der Waals surface area contributed by atoms with E-state index in [1.165, 1.54) is 32.1 Å². The fraction of sp³-hybridized carbons (Fsp3) is 0.900. The quantitative estimate of drug-likeness (QED) is 0.302. The zero-order valence-electron chi connectivity index (χ0n) is 9.29. The number of nitrogens with zero attached hydrogens (tertiary/aromatic N) is 2. The van der Waals surface area contributed by atoms with Gasteiger partial charge in [-0.15, -0.1) is 0 Å². The summed E-state index contributed by atoms with van der Waals surface area (Å²) in [5, 5.41) is 0. The second-order valence-corrected chi connectivity index (χ2v) is 3.85.